The molecule has 1 aromatic rings. The topological polar surface area (TPSA) is 77.2 Å². The summed E-state index contributed by atoms with van der Waals surface area (Å²) < 4.78 is 0. The van der Waals surface area contributed by atoms with Gasteiger partial charge < -0.3 is 10.0 Å². The number of anilines is 1. The number of carbonyl (C=O) groups is 1. The van der Waals surface area contributed by atoms with Gasteiger partial charge in [-0.15, -0.1) is 0 Å². The van der Waals surface area contributed by atoms with Crippen molar-refractivity contribution in [3.63, 3.8) is 0 Å². The standard InChI is InChI=1S/C11H13N3O2/c1-8(11(15)16)7-14(2)10-4-3-9(5-12)13-6-10/h3-4,6,8H,7H2,1-2H3,(H,15,16). The third-order valence-electron chi connectivity index (χ3n) is 2.27. The maximum atomic E-state index is 10.7. The lowest BCUT2D eigenvalue weighted by molar-refractivity contribution is -0.140. The van der Waals surface area contributed by atoms with Gasteiger partial charge in [0.15, 0.2) is 0 Å². The van der Waals surface area contributed by atoms with Crippen molar-refractivity contribution < 1.29 is 9.90 Å². The van der Waals surface area contributed by atoms with Gasteiger partial charge >= 0.3 is 5.97 Å². The van der Waals surface area contributed by atoms with Crippen LogP contribution in [0.15, 0.2) is 18.3 Å². The summed E-state index contributed by atoms with van der Waals surface area (Å²) >= 11 is 0. The molecule has 1 unspecified atom stereocenters. The summed E-state index contributed by atoms with van der Waals surface area (Å²) in [6.45, 7) is 2.05. The van der Waals surface area contributed by atoms with Crippen LogP contribution in [0.1, 0.15) is 12.6 Å². The molecular weight excluding hydrogens is 206 g/mol. The van der Waals surface area contributed by atoms with Gasteiger partial charge in [-0.3, -0.25) is 4.79 Å². The first-order chi connectivity index (χ1) is 7.54. The molecule has 1 rings (SSSR count). The molecule has 0 bridgehead atoms. The summed E-state index contributed by atoms with van der Waals surface area (Å²) in [7, 11) is 1.79. The van der Waals surface area contributed by atoms with E-state index in [0.29, 0.717) is 12.2 Å². The summed E-state index contributed by atoms with van der Waals surface area (Å²) in [6, 6.07) is 5.29. The van der Waals surface area contributed by atoms with E-state index >= 15 is 0 Å². The summed E-state index contributed by atoms with van der Waals surface area (Å²) in [5, 5.41) is 17.4. The van der Waals surface area contributed by atoms with E-state index in [2.05, 4.69) is 4.98 Å². The first kappa shape index (κ1) is 12.0. The fraction of sp³-hybridized carbons (Fsp3) is 0.364. The number of aliphatic carboxylic acids is 1. The summed E-state index contributed by atoms with van der Waals surface area (Å²) in [4.78, 5) is 16.4. The van der Waals surface area contributed by atoms with E-state index < -0.39 is 11.9 Å². The Kier molecular flexibility index (Phi) is 3.84. The van der Waals surface area contributed by atoms with E-state index in [1.54, 1.807) is 37.2 Å². The number of pyridine rings is 1. The van der Waals surface area contributed by atoms with Crippen LogP contribution >= 0.6 is 0 Å². The molecule has 1 atom stereocenters. The molecule has 0 aliphatic heterocycles. The number of carboxylic acids is 1. The highest BCUT2D eigenvalue weighted by Gasteiger charge is 2.13. The zero-order chi connectivity index (χ0) is 12.1. The van der Waals surface area contributed by atoms with Gasteiger partial charge in [0.25, 0.3) is 0 Å². The molecule has 16 heavy (non-hydrogen) atoms. The Balaban J connectivity index is 2.70. The van der Waals surface area contributed by atoms with Gasteiger partial charge in [0, 0.05) is 13.6 Å². The second-order valence-corrected chi connectivity index (χ2v) is 3.63. The maximum absolute atomic E-state index is 10.7. The Hall–Kier alpha value is -2.09. The molecule has 5 nitrogen and oxygen atoms in total. The van der Waals surface area contributed by atoms with Gasteiger partial charge in [0.1, 0.15) is 11.8 Å². The summed E-state index contributed by atoms with van der Waals surface area (Å²) in [5.74, 6) is -1.27. The van der Waals surface area contributed by atoms with Crippen LogP contribution in [0.2, 0.25) is 0 Å². The third kappa shape index (κ3) is 2.95. The van der Waals surface area contributed by atoms with Crippen LogP contribution < -0.4 is 4.90 Å². The molecule has 0 fully saturated rings. The minimum atomic E-state index is -0.826. The minimum absolute atomic E-state index is 0.350. The zero-order valence-electron chi connectivity index (χ0n) is 9.21. The van der Waals surface area contributed by atoms with E-state index in [1.165, 1.54) is 0 Å². The average molecular weight is 219 g/mol. The second-order valence-electron chi connectivity index (χ2n) is 3.63. The van der Waals surface area contributed by atoms with Crippen LogP contribution in [0.3, 0.4) is 0 Å². The first-order valence-corrected chi connectivity index (χ1v) is 4.84. The fourth-order valence-corrected chi connectivity index (χ4v) is 1.27. The molecule has 0 saturated carbocycles. The van der Waals surface area contributed by atoms with Crippen LogP contribution in [-0.2, 0) is 4.79 Å². The van der Waals surface area contributed by atoms with Crippen LogP contribution in [-0.4, -0.2) is 29.7 Å². The van der Waals surface area contributed by atoms with E-state index in [4.69, 9.17) is 10.4 Å². The highest BCUT2D eigenvalue weighted by molar-refractivity contribution is 5.70. The molecule has 5 heteroatoms. The Morgan fingerprint density at radius 3 is 2.81 bits per heavy atom. The number of aromatic nitrogens is 1. The van der Waals surface area contributed by atoms with Crippen molar-refractivity contribution >= 4 is 11.7 Å². The van der Waals surface area contributed by atoms with Gasteiger partial charge in [0.05, 0.1) is 17.8 Å². The summed E-state index contributed by atoms with van der Waals surface area (Å²) in [6.07, 6.45) is 1.56. The highest BCUT2D eigenvalue weighted by atomic mass is 16.4. The van der Waals surface area contributed by atoms with E-state index in [1.807, 2.05) is 6.07 Å². The molecule has 0 aromatic carbocycles. The maximum Gasteiger partial charge on any atom is 0.308 e. The number of nitrogens with zero attached hydrogens (tertiary/aromatic N) is 3. The predicted octanol–water partition coefficient (Wildman–Crippen LogP) is 1.11. The normalized spacial score (nSPS) is 11.6. The second kappa shape index (κ2) is 5.12. The van der Waals surface area contributed by atoms with Crippen molar-refractivity contribution in [2.45, 2.75) is 6.92 Å². The molecule has 1 aromatic heterocycles. The predicted molar refractivity (Wildman–Crippen MR) is 59.0 cm³/mol. The van der Waals surface area contributed by atoms with E-state index in [-0.39, 0.29) is 0 Å². The molecule has 0 radical (unpaired) electrons. The monoisotopic (exact) mass is 219 g/mol. The number of hydrogen-bond acceptors (Lipinski definition) is 4. The lowest BCUT2D eigenvalue weighted by Gasteiger charge is -2.20. The fourth-order valence-electron chi connectivity index (χ4n) is 1.27. The molecule has 0 aliphatic rings. The van der Waals surface area contributed by atoms with Crippen molar-refractivity contribution in [1.82, 2.24) is 4.98 Å². The Labute approximate surface area is 93.9 Å². The Morgan fingerprint density at radius 1 is 1.69 bits per heavy atom. The molecular formula is C11H13N3O2. The molecule has 0 amide bonds. The lowest BCUT2D eigenvalue weighted by atomic mass is 10.1. The van der Waals surface area contributed by atoms with Gasteiger partial charge in [0.2, 0.25) is 0 Å². The zero-order valence-corrected chi connectivity index (χ0v) is 9.21. The van der Waals surface area contributed by atoms with Gasteiger partial charge in [-0.05, 0) is 12.1 Å². The Bertz CT molecular complexity index is 408. The van der Waals surface area contributed by atoms with Crippen LogP contribution in [0.4, 0.5) is 5.69 Å². The third-order valence-corrected chi connectivity index (χ3v) is 2.27. The first-order valence-electron chi connectivity index (χ1n) is 4.84. The smallest absolute Gasteiger partial charge is 0.308 e. The average Bonchev–Trinajstić information content (AvgIpc) is 2.28. The minimum Gasteiger partial charge on any atom is -0.481 e. The van der Waals surface area contributed by atoms with Crippen molar-refractivity contribution in [3.8, 4) is 6.07 Å². The molecule has 0 saturated heterocycles. The molecule has 84 valence electrons. The largest absolute Gasteiger partial charge is 0.481 e. The summed E-state index contributed by atoms with van der Waals surface area (Å²) in [5.41, 5.74) is 1.15. The van der Waals surface area contributed by atoms with Crippen molar-refractivity contribution in [2.24, 2.45) is 5.92 Å². The number of hydrogen-bond donors (Lipinski definition) is 1. The SMILES string of the molecule is CC(CN(C)c1ccc(C#N)nc1)C(=O)O. The molecule has 1 heterocycles. The van der Waals surface area contributed by atoms with E-state index in [0.717, 1.165) is 5.69 Å². The van der Waals surface area contributed by atoms with Crippen LogP contribution in [0, 0.1) is 17.2 Å². The van der Waals surface area contributed by atoms with E-state index in [9.17, 15) is 4.79 Å². The Morgan fingerprint density at radius 2 is 2.38 bits per heavy atom. The highest BCUT2D eigenvalue weighted by Crippen LogP contribution is 2.12. The van der Waals surface area contributed by atoms with Crippen molar-refractivity contribution in [3.05, 3.63) is 24.0 Å². The van der Waals surface area contributed by atoms with Gasteiger partial charge in [-0.25, -0.2) is 4.98 Å². The van der Waals surface area contributed by atoms with Crippen LogP contribution in [0.25, 0.3) is 0 Å². The van der Waals surface area contributed by atoms with Crippen molar-refractivity contribution in [2.75, 3.05) is 18.5 Å². The number of nitriles is 1. The quantitative estimate of drug-likeness (QED) is 0.820. The van der Waals surface area contributed by atoms with Gasteiger partial charge in [-0.2, -0.15) is 5.26 Å². The molecule has 1 N–H and O–H groups in total. The van der Waals surface area contributed by atoms with Crippen LogP contribution in [0.5, 0.6) is 0 Å². The van der Waals surface area contributed by atoms with Gasteiger partial charge in [-0.1, -0.05) is 6.92 Å². The molecule has 0 spiro atoms. The number of carboxylic acid groups (broad SMARTS) is 1. The lowest BCUT2D eigenvalue weighted by Crippen LogP contribution is -2.28. The molecule has 0 aliphatic carbocycles. The number of rotatable bonds is 4. The van der Waals surface area contributed by atoms with Crippen molar-refractivity contribution in [1.29, 1.82) is 5.26 Å².